The van der Waals surface area contributed by atoms with E-state index in [0.717, 1.165) is 11.3 Å². The van der Waals surface area contributed by atoms with Crippen LogP contribution in [0.4, 0.5) is 0 Å². The highest BCUT2D eigenvalue weighted by Gasteiger charge is 2.11. The molecule has 16 heavy (non-hydrogen) atoms. The molecule has 1 aromatic heterocycles. The number of rotatable bonds is 2. The van der Waals surface area contributed by atoms with Gasteiger partial charge in [-0.1, -0.05) is 6.07 Å². The van der Waals surface area contributed by atoms with Crippen LogP contribution in [0, 0.1) is 0 Å². The molecule has 2 aromatic rings. The van der Waals surface area contributed by atoms with Crippen LogP contribution in [0.5, 0.6) is 0 Å². The SMILES string of the molecule is Cn1nccc1-c1ccc(Br)c(C(=O)O)c1. The van der Waals surface area contributed by atoms with Crippen molar-refractivity contribution in [2.24, 2.45) is 7.05 Å². The predicted molar refractivity (Wildman–Crippen MR) is 63.3 cm³/mol. The summed E-state index contributed by atoms with van der Waals surface area (Å²) in [7, 11) is 1.82. The van der Waals surface area contributed by atoms with Crippen LogP contribution < -0.4 is 0 Å². The van der Waals surface area contributed by atoms with Gasteiger partial charge in [0.15, 0.2) is 0 Å². The molecule has 0 saturated carbocycles. The van der Waals surface area contributed by atoms with Crippen LogP contribution >= 0.6 is 15.9 Å². The van der Waals surface area contributed by atoms with Gasteiger partial charge in [0.2, 0.25) is 0 Å². The second kappa shape index (κ2) is 4.09. The molecule has 0 fully saturated rings. The van der Waals surface area contributed by atoms with Crippen LogP contribution in [0.15, 0.2) is 34.9 Å². The van der Waals surface area contributed by atoms with Gasteiger partial charge in [0.05, 0.1) is 11.3 Å². The van der Waals surface area contributed by atoms with Crippen molar-refractivity contribution >= 4 is 21.9 Å². The van der Waals surface area contributed by atoms with E-state index in [-0.39, 0.29) is 5.56 Å². The second-order valence-corrected chi connectivity index (χ2v) is 4.19. The van der Waals surface area contributed by atoms with Gasteiger partial charge in [-0.3, -0.25) is 4.68 Å². The van der Waals surface area contributed by atoms with Gasteiger partial charge in [-0.15, -0.1) is 0 Å². The lowest BCUT2D eigenvalue weighted by atomic mass is 10.1. The number of aromatic nitrogens is 2. The minimum Gasteiger partial charge on any atom is -0.478 e. The quantitative estimate of drug-likeness (QED) is 0.920. The van der Waals surface area contributed by atoms with Crippen molar-refractivity contribution in [2.75, 3.05) is 0 Å². The van der Waals surface area contributed by atoms with Gasteiger partial charge in [-0.25, -0.2) is 4.79 Å². The summed E-state index contributed by atoms with van der Waals surface area (Å²) in [5.74, 6) is -0.948. The Hall–Kier alpha value is -1.62. The van der Waals surface area contributed by atoms with Crippen LogP contribution in [-0.4, -0.2) is 20.9 Å². The number of hydrogen-bond donors (Lipinski definition) is 1. The molecule has 0 saturated heterocycles. The smallest absolute Gasteiger partial charge is 0.336 e. The predicted octanol–water partition coefficient (Wildman–Crippen LogP) is 2.55. The van der Waals surface area contributed by atoms with Crippen molar-refractivity contribution in [1.82, 2.24) is 9.78 Å². The Bertz CT molecular complexity index is 549. The first-order chi connectivity index (χ1) is 7.59. The topological polar surface area (TPSA) is 55.1 Å². The lowest BCUT2D eigenvalue weighted by molar-refractivity contribution is 0.0696. The van der Waals surface area contributed by atoms with Gasteiger partial charge in [0.1, 0.15) is 0 Å². The normalized spacial score (nSPS) is 10.4. The largest absolute Gasteiger partial charge is 0.478 e. The average molecular weight is 281 g/mol. The highest BCUT2D eigenvalue weighted by atomic mass is 79.9. The maximum atomic E-state index is 11.0. The molecule has 0 aliphatic heterocycles. The number of carbonyl (C=O) groups is 1. The van der Waals surface area contributed by atoms with E-state index in [9.17, 15) is 4.79 Å². The number of carboxylic acid groups (broad SMARTS) is 1. The summed E-state index contributed by atoms with van der Waals surface area (Å²) in [4.78, 5) is 11.0. The zero-order chi connectivity index (χ0) is 11.7. The molecule has 1 heterocycles. The minimum absolute atomic E-state index is 0.249. The number of hydrogen-bond acceptors (Lipinski definition) is 2. The zero-order valence-corrected chi connectivity index (χ0v) is 10.1. The van der Waals surface area contributed by atoms with Crippen molar-refractivity contribution in [2.45, 2.75) is 0 Å². The third-order valence-electron chi connectivity index (χ3n) is 2.31. The lowest BCUT2D eigenvalue weighted by Gasteiger charge is -2.05. The molecule has 82 valence electrons. The van der Waals surface area contributed by atoms with Crippen molar-refractivity contribution in [1.29, 1.82) is 0 Å². The number of carboxylic acids is 1. The molecule has 0 radical (unpaired) electrons. The zero-order valence-electron chi connectivity index (χ0n) is 8.51. The summed E-state index contributed by atoms with van der Waals surface area (Å²) in [6.45, 7) is 0. The monoisotopic (exact) mass is 280 g/mol. The van der Waals surface area contributed by atoms with Gasteiger partial charge in [0.25, 0.3) is 0 Å². The average Bonchev–Trinajstić information content (AvgIpc) is 2.65. The van der Waals surface area contributed by atoms with E-state index in [0.29, 0.717) is 4.47 Å². The van der Waals surface area contributed by atoms with Crippen LogP contribution in [0.2, 0.25) is 0 Å². The molecule has 0 spiro atoms. The fraction of sp³-hybridized carbons (Fsp3) is 0.0909. The van der Waals surface area contributed by atoms with Crippen molar-refractivity contribution in [3.63, 3.8) is 0 Å². The summed E-state index contributed by atoms with van der Waals surface area (Å²) < 4.78 is 2.28. The standard InChI is InChI=1S/C11H9BrN2O2/c1-14-10(4-5-13-14)7-2-3-9(12)8(6-7)11(15)16/h2-6H,1H3,(H,15,16). The van der Waals surface area contributed by atoms with Gasteiger partial charge >= 0.3 is 5.97 Å². The molecule has 0 aliphatic carbocycles. The Balaban J connectivity index is 2.56. The fourth-order valence-corrected chi connectivity index (χ4v) is 1.92. The molecule has 0 aliphatic rings. The Morgan fingerprint density at radius 1 is 1.44 bits per heavy atom. The summed E-state index contributed by atoms with van der Waals surface area (Å²) in [6.07, 6.45) is 1.68. The first-order valence-electron chi connectivity index (χ1n) is 4.61. The fourth-order valence-electron chi connectivity index (χ4n) is 1.51. The molecule has 0 atom stereocenters. The molecular formula is C11H9BrN2O2. The maximum absolute atomic E-state index is 11.0. The van der Waals surface area contributed by atoms with E-state index in [2.05, 4.69) is 21.0 Å². The van der Waals surface area contributed by atoms with E-state index in [1.54, 1.807) is 23.0 Å². The number of aryl methyl sites for hydroxylation is 1. The van der Waals surface area contributed by atoms with Crippen LogP contribution in [-0.2, 0) is 7.05 Å². The minimum atomic E-state index is -0.948. The van der Waals surface area contributed by atoms with E-state index in [4.69, 9.17) is 5.11 Å². The summed E-state index contributed by atoms with van der Waals surface area (Å²) >= 11 is 3.21. The van der Waals surface area contributed by atoms with Crippen LogP contribution in [0.25, 0.3) is 11.3 Å². The third kappa shape index (κ3) is 1.86. The number of aromatic carboxylic acids is 1. The number of benzene rings is 1. The van der Waals surface area contributed by atoms with E-state index >= 15 is 0 Å². The van der Waals surface area contributed by atoms with Crippen molar-refractivity contribution in [3.05, 3.63) is 40.5 Å². The van der Waals surface area contributed by atoms with Crippen molar-refractivity contribution < 1.29 is 9.90 Å². The second-order valence-electron chi connectivity index (χ2n) is 3.34. The molecule has 2 rings (SSSR count). The molecule has 1 aromatic carbocycles. The Labute approximate surface area is 101 Å². The highest BCUT2D eigenvalue weighted by Crippen LogP contribution is 2.24. The first-order valence-corrected chi connectivity index (χ1v) is 5.40. The van der Waals surface area contributed by atoms with Gasteiger partial charge < -0.3 is 5.11 Å². The van der Waals surface area contributed by atoms with Gasteiger partial charge in [-0.05, 0) is 34.1 Å². The van der Waals surface area contributed by atoms with Crippen molar-refractivity contribution in [3.8, 4) is 11.3 Å². The summed E-state index contributed by atoms with van der Waals surface area (Å²) in [5.41, 5.74) is 1.97. The van der Waals surface area contributed by atoms with Gasteiger partial charge in [-0.2, -0.15) is 5.10 Å². The van der Waals surface area contributed by atoms with Crippen LogP contribution in [0.3, 0.4) is 0 Å². The number of nitrogens with zero attached hydrogens (tertiary/aromatic N) is 2. The van der Waals surface area contributed by atoms with Crippen LogP contribution in [0.1, 0.15) is 10.4 Å². The van der Waals surface area contributed by atoms with Gasteiger partial charge in [0, 0.05) is 23.3 Å². The summed E-state index contributed by atoms with van der Waals surface area (Å²) in [5, 5.41) is 13.1. The molecule has 0 bridgehead atoms. The number of halogens is 1. The molecule has 5 heteroatoms. The maximum Gasteiger partial charge on any atom is 0.336 e. The molecule has 1 N–H and O–H groups in total. The van der Waals surface area contributed by atoms with E-state index in [1.165, 1.54) is 0 Å². The lowest BCUT2D eigenvalue weighted by Crippen LogP contribution is -1.99. The summed E-state index contributed by atoms with van der Waals surface area (Å²) in [6, 6.07) is 7.05. The molecule has 0 amide bonds. The van der Waals surface area contributed by atoms with E-state index in [1.807, 2.05) is 19.2 Å². The molecular weight excluding hydrogens is 272 g/mol. The Morgan fingerprint density at radius 2 is 2.19 bits per heavy atom. The molecule has 0 unspecified atom stereocenters. The highest BCUT2D eigenvalue weighted by molar-refractivity contribution is 9.10. The third-order valence-corrected chi connectivity index (χ3v) is 3.00. The Morgan fingerprint density at radius 3 is 2.75 bits per heavy atom. The Kier molecular flexibility index (Phi) is 2.78. The first kappa shape index (κ1) is 10.9. The molecule has 4 nitrogen and oxygen atoms in total. The van der Waals surface area contributed by atoms with E-state index < -0.39 is 5.97 Å².